The molecule has 0 unspecified atom stereocenters. The molecule has 1 amide bonds. The molecule has 0 spiro atoms. The summed E-state index contributed by atoms with van der Waals surface area (Å²) >= 11 is 0. The van der Waals surface area contributed by atoms with Gasteiger partial charge in [0.1, 0.15) is 5.75 Å². The first-order valence-corrected chi connectivity index (χ1v) is 6.23. The lowest BCUT2D eigenvalue weighted by molar-refractivity contribution is 0.0954. The zero-order chi connectivity index (χ0) is 14.2. The van der Waals surface area contributed by atoms with Gasteiger partial charge in [0.25, 0.3) is 5.91 Å². The zero-order valence-electron chi connectivity index (χ0n) is 10.9. The number of nitrogens with zero attached hydrogens (tertiary/aromatic N) is 3. The van der Waals surface area contributed by atoms with Gasteiger partial charge in [0.05, 0.1) is 6.61 Å². The van der Waals surface area contributed by atoms with E-state index in [0.29, 0.717) is 43.3 Å². The molecule has 0 radical (unpaired) electrons. The average molecular weight is 276 g/mol. The van der Waals surface area contributed by atoms with Crippen LogP contribution in [0.5, 0.6) is 5.75 Å². The average Bonchev–Trinajstić information content (AvgIpc) is 2.99. The first kappa shape index (κ1) is 13.9. The molecule has 0 aliphatic carbocycles. The van der Waals surface area contributed by atoms with Gasteiger partial charge in [-0.3, -0.25) is 4.79 Å². The van der Waals surface area contributed by atoms with Gasteiger partial charge in [0.2, 0.25) is 0 Å². The Morgan fingerprint density at radius 3 is 2.80 bits per heavy atom. The number of ether oxygens (including phenoxy) is 1. The summed E-state index contributed by atoms with van der Waals surface area (Å²) in [6.07, 6.45) is 0.565. The fraction of sp³-hybridized carbons (Fsp3) is 0.333. The van der Waals surface area contributed by atoms with Gasteiger partial charge in [0, 0.05) is 25.1 Å². The summed E-state index contributed by atoms with van der Waals surface area (Å²) < 4.78 is 5.52. The third-order valence-electron chi connectivity index (χ3n) is 2.53. The van der Waals surface area contributed by atoms with Crippen molar-refractivity contribution in [3.63, 3.8) is 0 Å². The van der Waals surface area contributed by atoms with Gasteiger partial charge in [-0.25, -0.2) is 0 Å². The summed E-state index contributed by atoms with van der Waals surface area (Å²) in [6, 6.07) is 6.90. The second-order valence-electron chi connectivity index (χ2n) is 4.00. The van der Waals surface area contributed by atoms with Crippen LogP contribution >= 0.6 is 0 Å². The van der Waals surface area contributed by atoms with Crippen LogP contribution in [-0.2, 0) is 6.42 Å². The molecule has 2 aromatic rings. The summed E-state index contributed by atoms with van der Waals surface area (Å²) in [5, 5.41) is 16.2. The van der Waals surface area contributed by atoms with Crippen LogP contribution < -0.4 is 15.8 Å². The van der Waals surface area contributed by atoms with E-state index in [-0.39, 0.29) is 5.91 Å². The van der Waals surface area contributed by atoms with E-state index in [2.05, 4.69) is 25.9 Å². The van der Waals surface area contributed by atoms with Crippen molar-refractivity contribution >= 4 is 5.91 Å². The standard InChI is InChI=1S/C12H16N6O2/c13-6-7-14-12(19)9-1-3-10(4-2-9)20-8-5-11-15-17-18-16-11/h1-4H,5-8,13H2,(H,14,19)(H,15,16,17,18). The Kier molecular flexibility index (Phi) is 5.01. The quantitative estimate of drug-likeness (QED) is 0.628. The molecule has 0 atom stereocenters. The van der Waals surface area contributed by atoms with Gasteiger partial charge in [0.15, 0.2) is 5.82 Å². The molecular formula is C12H16N6O2. The Morgan fingerprint density at radius 2 is 2.15 bits per heavy atom. The fourth-order valence-electron chi connectivity index (χ4n) is 1.54. The molecule has 0 fully saturated rings. The van der Waals surface area contributed by atoms with Crippen LogP contribution in [-0.4, -0.2) is 46.2 Å². The second-order valence-corrected chi connectivity index (χ2v) is 4.00. The lowest BCUT2D eigenvalue weighted by Gasteiger charge is -2.06. The zero-order valence-corrected chi connectivity index (χ0v) is 10.9. The van der Waals surface area contributed by atoms with E-state index < -0.39 is 0 Å². The summed E-state index contributed by atoms with van der Waals surface area (Å²) in [4.78, 5) is 11.6. The van der Waals surface area contributed by atoms with E-state index in [1.165, 1.54) is 0 Å². The number of aromatic nitrogens is 4. The molecule has 106 valence electrons. The number of rotatable bonds is 7. The third-order valence-corrected chi connectivity index (χ3v) is 2.53. The van der Waals surface area contributed by atoms with Crippen LogP contribution in [0.2, 0.25) is 0 Å². The predicted octanol–water partition coefficient (Wildman–Crippen LogP) is -0.490. The van der Waals surface area contributed by atoms with E-state index in [1.807, 2.05) is 0 Å². The van der Waals surface area contributed by atoms with Gasteiger partial charge in [-0.05, 0) is 24.3 Å². The minimum Gasteiger partial charge on any atom is -0.493 e. The highest BCUT2D eigenvalue weighted by Gasteiger charge is 2.04. The maximum Gasteiger partial charge on any atom is 0.251 e. The van der Waals surface area contributed by atoms with Crippen molar-refractivity contribution in [2.75, 3.05) is 19.7 Å². The molecule has 1 aromatic carbocycles. The Bertz CT molecular complexity index is 525. The SMILES string of the molecule is NCCNC(=O)c1ccc(OCCc2nn[nH]n2)cc1. The minimum atomic E-state index is -0.145. The number of H-pyrrole nitrogens is 1. The summed E-state index contributed by atoms with van der Waals surface area (Å²) in [5.74, 6) is 1.14. The highest BCUT2D eigenvalue weighted by Crippen LogP contribution is 2.12. The number of carbonyl (C=O) groups excluding carboxylic acids is 1. The van der Waals surface area contributed by atoms with E-state index in [0.717, 1.165) is 0 Å². The van der Waals surface area contributed by atoms with Gasteiger partial charge >= 0.3 is 0 Å². The van der Waals surface area contributed by atoms with Crippen molar-refractivity contribution < 1.29 is 9.53 Å². The number of nitrogens with two attached hydrogens (primary N) is 1. The molecule has 4 N–H and O–H groups in total. The predicted molar refractivity (Wildman–Crippen MR) is 71.2 cm³/mol. The largest absolute Gasteiger partial charge is 0.493 e. The minimum absolute atomic E-state index is 0.145. The van der Waals surface area contributed by atoms with Crippen LogP contribution in [0.15, 0.2) is 24.3 Å². The molecule has 20 heavy (non-hydrogen) atoms. The molecule has 8 heteroatoms. The second kappa shape index (κ2) is 7.19. The van der Waals surface area contributed by atoms with Crippen molar-refractivity contribution in [2.45, 2.75) is 6.42 Å². The van der Waals surface area contributed by atoms with E-state index in [4.69, 9.17) is 10.5 Å². The smallest absolute Gasteiger partial charge is 0.251 e. The summed E-state index contributed by atoms with van der Waals surface area (Å²) in [5.41, 5.74) is 5.90. The number of tetrazole rings is 1. The van der Waals surface area contributed by atoms with Crippen LogP contribution in [0.25, 0.3) is 0 Å². The Morgan fingerprint density at radius 1 is 1.35 bits per heavy atom. The van der Waals surface area contributed by atoms with Crippen molar-refractivity contribution in [3.8, 4) is 5.75 Å². The monoisotopic (exact) mass is 276 g/mol. The molecule has 8 nitrogen and oxygen atoms in total. The number of benzene rings is 1. The molecular weight excluding hydrogens is 260 g/mol. The topological polar surface area (TPSA) is 119 Å². The van der Waals surface area contributed by atoms with Gasteiger partial charge in [-0.2, -0.15) is 5.21 Å². The van der Waals surface area contributed by atoms with E-state index >= 15 is 0 Å². The molecule has 1 aromatic heterocycles. The number of carbonyl (C=O) groups is 1. The van der Waals surface area contributed by atoms with Gasteiger partial charge in [-0.15, -0.1) is 10.2 Å². The van der Waals surface area contributed by atoms with E-state index in [9.17, 15) is 4.79 Å². The molecule has 0 aliphatic heterocycles. The third kappa shape index (κ3) is 4.02. The number of hydrogen-bond donors (Lipinski definition) is 3. The fourth-order valence-corrected chi connectivity index (χ4v) is 1.54. The number of aromatic amines is 1. The van der Waals surface area contributed by atoms with Crippen LogP contribution in [0.1, 0.15) is 16.2 Å². The van der Waals surface area contributed by atoms with Crippen molar-refractivity contribution in [2.24, 2.45) is 5.73 Å². The van der Waals surface area contributed by atoms with Crippen molar-refractivity contribution in [1.29, 1.82) is 0 Å². The molecule has 0 aliphatic rings. The Hall–Kier alpha value is -2.48. The molecule has 1 heterocycles. The maximum absolute atomic E-state index is 11.6. The first-order chi connectivity index (χ1) is 9.79. The lowest BCUT2D eigenvalue weighted by Crippen LogP contribution is -2.28. The van der Waals surface area contributed by atoms with Crippen LogP contribution in [0, 0.1) is 0 Å². The molecule has 2 rings (SSSR count). The number of nitrogens with one attached hydrogen (secondary N) is 2. The first-order valence-electron chi connectivity index (χ1n) is 6.23. The van der Waals surface area contributed by atoms with E-state index in [1.54, 1.807) is 24.3 Å². The summed E-state index contributed by atoms with van der Waals surface area (Å²) in [6.45, 7) is 1.32. The normalized spacial score (nSPS) is 10.2. The van der Waals surface area contributed by atoms with Crippen LogP contribution in [0.3, 0.4) is 0 Å². The Labute approximate surface area is 115 Å². The molecule has 0 saturated carbocycles. The van der Waals surface area contributed by atoms with Crippen molar-refractivity contribution in [1.82, 2.24) is 25.9 Å². The lowest BCUT2D eigenvalue weighted by atomic mass is 10.2. The molecule has 0 saturated heterocycles. The number of amides is 1. The molecule has 0 bridgehead atoms. The Balaban J connectivity index is 1.80. The maximum atomic E-state index is 11.6. The highest BCUT2D eigenvalue weighted by molar-refractivity contribution is 5.94. The van der Waals surface area contributed by atoms with Gasteiger partial charge < -0.3 is 15.8 Å². The van der Waals surface area contributed by atoms with Crippen molar-refractivity contribution in [3.05, 3.63) is 35.7 Å². The summed E-state index contributed by atoms with van der Waals surface area (Å²) in [7, 11) is 0. The highest BCUT2D eigenvalue weighted by atomic mass is 16.5. The van der Waals surface area contributed by atoms with Crippen LogP contribution in [0.4, 0.5) is 0 Å². The number of hydrogen-bond acceptors (Lipinski definition) is 6. The van der Waals surface area contributed by atoms with Gasteiger partial charge in [-0.1, -0.05) is 5.21 Å².